The Morgan fingerprint density at radius 1 is 1.46 bits per heavy atom. The van der Waals surface area contributed by atoms with Crippen LogP contribution in [0.25, 0.3) is 22.1 Å². The van der Waals surface area contributed by atoms with E-state index >= 15 is 0 Å². The predicted molar refractivity (Wildman–Crippen MR) is 98.2 cm³/mol. The zero-order valence-electron chi connectivity index (χ0n) is 13.6. The molecule has 3 heterocycles. The maximum Gasteiger partial charge on any atom is 0.227 e. The fourth-order valence-corrected chi connectivity index (χ4v) is 4.17. The van der Waals surface area contributed by atoms with Gasteiger partial charge in [-0.15, -0.1) is 0 Å². The molecule has 24 heavy (non-hydrogen) atoms. The number of furan rings is 1. The second kappa shape index (κ2) is 5.76. The number of nitriles is 1. The first-order chi connectivity index (χ1) is 11.6. The van der Waals surface area contributed by atoms with E-state index in [-0.39, 0.29) is 0 Å². The molecule has 122 valence electrons. The molecule has 0 radical (unpaired) electrons. The molecular weight excluding hydrogens is 368 g/mol. The molecule has 0 unspecified atom stereocenters. The smallest absolute Gasteiger partial charge is 0.227 e. The summed E-state index contributed by atoms with van der Waals surface area (Å²) in [6.07, 6.45) is 2.83. The molecule has 0 bridgehead atoms. The highest BCUT2D eigenvalue weighted by molar-refractivity contribution is 9.10. The van der Waals surface area contributed by atoms with Gasteiger partial charge in [-0.2, -0.15) is 5.26 Å². The Hall–Kier alpha value is -2.10. The average Bonchev–Trinajstić information content (AvgIpc) is 3.19. The molecule has 1 atom stereocenters. The van der Waals surface area contributed by atoms with Crippen molar-refractivity contribution in [3.8, 4) is 6.07 Å². The van der Waals surface area contributed by atoms with Gasteiger partial charge >= 0.3 is 0 Å². The summed E-state index contributed by atoms with van der Waals surface area (Å²) < 4.78 is 6.84. The minimum atomic E-state index is 0.527. The molecule has 1 aliphatic rings. The van der Waals surface area contributed by atoms with Crippen LogP contribution in [0.3, 0.4) is 0 Å². The lowest BCUT2D eigenvalue weighted by Gasteiger charge is -2.23. The highest BCUT2D eigenvalue weighted by atomic mass is 79.9. The van der Waals surface area contributed by atoms with Crippen LogP contribution in [0.15, 0.2) is 33.3 Å². The second-order valence-corrected chi connectivity index (χ2v) is 7.24. The summed E-state index contributed by atoms with van der Waals surface area (Å²) in [5, 5.41) is 11.4. The lowest BCUT2D eigenvalue weighted by Crippen LogP contribution is -2.31. The van der Waals surface area contributed by atoms with Gasteiger partial charge in [-0.25, -0.2) is 4.98 Å². The zero-order valence-corrected chi connectivity index (χ0v) is 15.2. The molecule has 5 nitrogen and oxygen atoms in total. The Morgan fingerprint density at radius 2 is 2.29 bits per heavy atom. The van der Waals surface area contributed by atoms with Gasteiger partial charge in [0.15, 0.2) is 5.58 Å². The first-order valence-corrected chi connectivity index (χ1v) is 8.70. The molecule has 3 aromatic rings. The van der Waals surface area contributed by atoms with E-state index < -0.39 is 0 Å². The van der Waals surface area contributed by atoms with Crippen molar-refractivity contribution in [2.45, 2.75) is 12.5 Å². The Labute approximate surface area is 148 Å². The largest absolute Gasteiger partial charge is 0.436 e. The summed E-state index contributed by atoms with van der Waals surface area (Å²) in [4.78, 5) is 8.96. The quantitative estimate of drug-likeness (QED) is 0.673. The Kier molecular flexibility index (Phi) is 3.70. The maximum atomic E-state index is 9.48. The third kappa shape index (κ3) is 2.27. The standard InChI is InChI=1S/C18H17BrN4O/c1-22(2)12-5-7-23(10-12)16-14(19)8-11(9-20)17-15(16)13-4-3-6-21-18(13)24-17/h3-4,6,8,12H,5,7,10H2,1-2H3/t12-/m0/s1. The number of nitrogens with zero attached hydrogens (tertiary/aromatic N) is 4. The van der Waals surface area contributed by atoms with E-state index in [0.29, 0.717) is 22.9 Å². The van der Waals surface area contributed by atoms with Gasteiger partial charge in [0.2, 0.25) is 5.71 Å². The van der Waals surface area contributed by atoms with Crippen LogP contribution in [-0.2, 0) is 0 Å². The molecule has 0 N–H and O–H groups in total. The maximum absolute atomic E-state index is 9.48. The SMILES string of the molecule is CN(C)[C@H]1CCN(c2c(Br)cc(C#N)c3oc4ncccc4c23)C1. The lowest BCUT2D eigenvalue weighted by molar-refractivity contribution is 0.315. The monoisotopic (exact) mass is 384 g/mol. The number of aromatic nitrogens is 1. The predicted octanol–water partition coefficient (Wildman–Crippen LogP) is 3.76. The van der Waals surface area contributed by atoms with Gasteiger partial charge in [-0.3, -0.25) is 0 Å². The van der Waals surface area contributed by atoms with Gasteiger partial charge in [-0.05, 0) is 54.6 Å². The Bertz CT molecular complexity index is 972. The minimum Gasteiger partial charge on any atom is -0.436 e. The van der Waals surface area contributed by atoms with E-state index in [0.717, 1.165) is 40.4 Å². The van der Waals surface area contributed by atoms with Crippen molar-refractivity contribution in [3.63, 3.8) is 0 Å². The average molecular weight is 385 g/mol. The van der Waals surface area contributed by atoms with Crippen LogP contribution in [0.2, 0.25) is 0 Å². The normalized spacial score (nSPS) is 18.0. The van der Waals surface area contributed by atoms with E-state index in [1.54, 1.807) is 6.20 Å². The summed E-state index contributed by atoms with van der Waals surface area (Å²) in [6.45, 7) is 1.94. The van der Waals surface area contributed by atoms with E-state index in [1.807, 2.05) is 18.2 Å². The fraction of sp³-hybridized carbons (Fsp3) is 0.333. The number of fused-ring (bicyclic) bond motifs is 3. The molecule has 1 aliphatic heterocycles. The van der Waals surface area contributed by atoms with Gasteiger partial charge in [-0.1, -0.05) is 0 Å². The summed E-state index contributed by atoms with van der Waals surface area (Å²) in [5.41, 5.74) is 2.83. The minimum absolute atomic E-state index is 0.527. The van der Waals surface area contributed by atoms with Crippen molar-refractivity contribution in [1.82, 2.24) is 9.88 Å². The molecule has 6 heteroatoms. The van der Waals surface area contributed by atoms with Crippen LogP contribution in [-0.4, -0.2) is 43.1 Å². The molecule has 0 amide bonds. The first-order valence-electron chi connectivity index (χ1n) is 7.91. The van der Waals surface area contributed by atoms with Crippen molar-refractivity contribution in [3.05, 3.63) is 34.4 Å². The summed E-state index contributed by atoms with van der Waals surface area (Å²) >= 11 is 3.68. The van der Waals surface area contributed by atoms with Crippen molar-refractivity contribution in [2.24, 2.45) is 0 Å². The number of benzene rings is 1. The van der Waals surface area contributed by atoms with Gasteiger partial charge in [0.05, 0.1) is 22.0 Å². The number of hydrogen-bond donors (Lipinski definition) is 0. The third-order valence-corrected chi connectivity index (χ3v) is 5.38. The molecule has 4 rings (SSSR count). The fourth-order valence-electron chi connectivity index (χ4n) is 3.50. The lowest BCUT2D eigenvalue weighted by atomic mass is 10.1. The number of pyridine rings is 1. The van der Waals surface area contributed by atoms with Gasteiger partial charge in [0.25, 0.3) is 0 Å². The summed E-state index contributed by atoms with van der Waals surface area (Å²) in [7, 11) is 4.24. The van der Waals surface area contributed by atoms with Gasteiger partial charge < -0.3 is 14.2 Å². The molecular formula is C18H17BrN4O. The van der Waals surface area contributed by atoms with Crippen LogP contribution in [0.4, 0.5) is 5.69 Å². The first kappa shape index (κ1) is 15.4. The highest BCUT2D eigenvalue weighted by Gasteiger charge is 2.29. The summed E-state index contributed by atoms with van der Waals surface area (Å²) in [6, 6.07) is 8.52. The number of rotatable bonds is 2. The Morgan fingerprint density at radius 3 is 3.00 bits per heavy atom. The van der Waals surface area contributed by atoms with E-state index in [9.17, 15) is 5.26 Å². The third-order valence-electron chi connectivity index (χ3n) is 4.78. The van der Waals surface area contributed by atoms with Crippen molar-refractivity contribution in [2.75, 3.05) is 32.1 Å². The zero-order chi connectivity index (χ0) is 16.8. The van der Waals surface area contributed by atoms with Gasteiger partial charge in [0, 0.05) is 29.8 Å². The molecule has 1 aromatic carbocycles. The van der Waals surface area contributed by atoms with E-state index in [2.05, 4.69) is 50.9 Å². The van der Waals surface area contributed by atoms with Crippen LogP contribution in [0.1, 0.15) is 12.0 Å². The Balaban J connectivity index is 1.98. The number of anilines is 1. The van der Waals surface area contributed by atoms with Crippen molar-refractivity contribution >= 4 is 43.7 Å². The van der Waals surface area contributed by atoms with Crippen LogP contribution >= 0.6 is 15.9 Å². The molecule has 1 fully saturated rings. The number of halogens is 1. The topological polar surface area (TPSA) is 56.3 Å². The second-order valence-electron chi connectivity index (χ2n) is 6.38. The molecule has 0 aliphatic carbocycles. The van der Waals surface area contributed by atoms with Crippen molar-refractivity contribution in [1.29, 1.82) is 5.26 Å². The number of hydrogen-bond acceptors (Lipinski definition) is 5. The van der Waals surface area contributed by atoms with E-state index in [4.69, 9.17) is 4.42 Å². The molecule has 2 aromatic heterocycles. The summed E-state index contributed by atoms with van der Waals surface area (Å²) in [5.74, 6) is 0. The molecule has 0 spiro atoms. The molecule has 1 saturated heterocycles. The molecule has 0 saturated carbocycles. The van der Waals surface area contributed by atoms with Crippen LogP contribution < -0.4 is 4.90 Å². The van der Waals surface area contributed by atoms with Gasteiger partial charge in [0.1, 0.15) is 6.07 Å². The van der Waals surface area contributed by atoms with Crippen molar-refractivity contribution < 1.29 is 4.42 Å². The van der Waals surface area contributed by atoms with E-state index in [1.165, 1.54) is 0 Å². The van der Waals surface area contributed by atoms with Crippen LogP contribution in [0, 0.1) is 11.3 Å². The van der Waals surface area contributed by atoms with Crippen LogP contribution in [0.5, 0.6) is 0 Å². The highest BCUT2D eigenvalue weighted by Crippen LogP contribution is 2.43. The number of likely N-dealkylation sites (N-methyl/N-ethyl adjacent to an activating group) is 1.